The van der Waals surface area contributed by atoms with Crippen molar-refractivity contribution in [1.29, 1.82) is 0 Å². The van der Waals surface area contributed by atoms with E-state index in [1.54, 1.807) is 11.8 Å². The third-order valence-electron chi connectivity index (χ3n) is 6.24. The Balaban J connectivity index is 1.55. The number of amides is 3. The van der Waals surface area contributed by atoms with Crippen molar-refractivity contribution in [3.8, 4) is 11.8 Å². The lowest BCUT2D eigenvalue weighted by molar-refractivity contribution is -0.138. The Bertz CT molecular complexity index is 1190. The molecule has 0 spiro atoms. The number of hydrogen-bond acceptors (Lipinski definition) is 6. The molecular formula is C28H32F3N5O4. The van der Waals surface area contributed by atoms with Crippen LogP contribution in [0.2, 0.25) is 0 Å². The van der Waals surface area contributed by atoms with Gasteiger partial charge in [-0.2, -0.15) is 13.2 Å². The molecule has 3 amide bonds. The Morgan fingerprint density at radius 2 is 1.77 bits per heavy atom. The molecular weight excluding hydrogens is 527 g/mol. The summed E-state index contributed by atoms with van der Waals surface area (Å²) in [4.78, 5) is 44.8. The third-order valence-corrected chi connectivity index (χ3v) is 6.24. The molecule has 0 saturated carbocycles. The molecule has 12 heteroatoms. The minimum absolute atomic E-state index is 0.0525. The number of hydrogen-bond donors (Lipinski definition) is 2. The Morgan fingerprint density at radius 3 is 2.40 bits per heavy atom. The highest BCUT2D eigenvalue weighted by Crippen LogP contribution is 2.29. The average Bonchev–Trinajstić information content (AvgIpc) is 2.95. The number of carbonyl (C=O) groups is 3. The van der Waals surface area contributed by atoms with Crippen LogP contribution in [0, 0.1) is 11.8 Å². The van der Waals surface area contributed by atoms with Gasteiger partial charge in [-0.05, 0) is 49.8 Å². The van der Waals surface area contributed by atoms with E-state index in [0.717, 1.165) is 17.8 Å². The van der Waals surface area contributed by atoms with E-state index in [2.05, 4.69) is 27.5 Å². The maximum atomic E-state index is 13.4. The van der Waals surface area contributed by atoms with E-state index in [0.29, 0.717) is 57.8 Å². The molecule has 1 aliphatic heterocycles. The largest absolute Gasteiger partial charge is 0.445 e. The maximum Gasteiger partial charge on any atom is 0.417 e. The van der Waals surface area contributed by atoms with Crippen LogP contribution in [0.4, 0.5) is 23.8 Å². The second-order valence-electron chi connectivity index (χ2n) is 9.10. The van der Waals surface area contributed by atoms with E-state index in [1.165, 1.54) is 6.07 Å². The zero-order chi connectivity index (χ0) is 29.0. The smallest absolute Gasteiger partial charge is 0.417 e. The molecule has 40 heavy (non-hydrogen) atoms. The number of nitrogens with zero attached hydrogens (tertiary/aromatic N) is 3. The van der Waals surface area contributed by atoms with Crippen molar-refractivity contribution < 1.29 is 32.3 Å². The molecule has 0 radical (unpaired) electrons. The summed E-state index contributed by atoms with van der Waals surface area (Å²) >= 11 is 0. The molecule has 1 atom stereocenters. The molecule has 2 N–H and O–H groups in total. The fourth-order valence-electron chi connectivity index (χ4n) is 4.11. The van der Waals surface area contributed by atoms with Crippen LogP contribution in [0.5, 0.6) is 0 Å². The Kier molecular flexibility index (Phi) is 11.2. The van der Waals surface area contributed by atoms with Gasteiger partial charge >= 0.3 is 12.3 Å². The number of piperazine rings is 1. The van der Waals surface area contributed by atoms with Crippen LogP contribution in [0.1, 0.15) is 37.3 Å². The molecule has 9 nitrogen and oxygen atoms in total. The van der Waals surface area contributed by atoms with Crippen molar-refractivity contribution in [1.82, 2.24) is 20.5 Å². The minimum Gasteiger partial charge on any atom is -0.445 e. The molecule has 2 heterocycles. The van der Waals surface area contributed by atoms with Gasteiger partial charge in [0.25, 0.3) is 5.91 Å². The van der Waals surface area contributed by atoms with Crippen molar-refractivity contribution >= 4 is 23.7 Å². The molecule has 0 bridgehead atoms. The number of halogens is 3. The number of aromatic nitrogens is 1. The van der Waals surface area contributed by atoms with Crippen LogP contribution < -0.4 is 15.5 Å². The number of rotatable bonds is 10. The van der Waals surface area contributed by atoms with Crippen LogP contribution in [-0.4, -0.2) is 66.6 Å². The zero-order valence-corrected chi connectivity index (χ0v) is 22.2. The zero-order valence-electron chi connectivity index (χ0n) is 22.2. The number of alkyl carbamates (subject to hydrolysis) is 1. The lowest BCUT2D eigenvalue weighted by atomic mass is 10.1. The molecule has 3 rings (SSSR count). The summed E-state index contributed by atoms with van der Waals surface area (Å²) in [5, 5.41) is 5.34. The molecule has 1 aliphatic rings. The number of pyridine rings is 1. The van der Waals surface area contributed by atoms with E-state index >= 15 is 0 Å². The van der Waals surface area contributed by atoms with Gasteiger partial charge in [-0.25, -0.2) is 9.78 Å². The van der Waals surface area contributed by atoms with Crippen LogP contribution in [0.15, 0.2) is 48.7 Å². The maximum absolute atomic E-state index is 13.4. The van der Waals surface area contributed by atoms with E-state index in [1.807, 2.05) is 35.2 Å². The van der Waals surface area contributed by atoms with Gasteiger partial charge in [-0.3, -0.25) is 9.59 Å². The SMILES string of the molecule is CC#CC(=O)NCCCC[C@H](NC(=O)OCc1ccccc1)C(=O)N1CCN(c2ccc(C(F)(F)F)cn2)CC1. The summed E-state index contributed by atoms with van der Waals surface area (Å²) in [6.07, 6.45) is -2.93. The van der Waals surface area contributed by atoms with E-state index in [-0.39, 0.29) is 18.4 Å². The monoisotopic (exact) mass is 559 g/mol. The number of anilines is 1. The summed E-state index contributed by atoms with van der Waals surface area (Å²) in [7, 11) is 0. The van der Waals surface area contributed by atoms with Crippen LogP contribution >= 0.6 is 0 Å². The molecule has 1 aromatic carbocycles. The minimum atomic E-state index is -4.46. The molecule has 214 valence electrons. The fraction of sp³-hybridized carbons (Fsp3) is 0.429. The van der Waals surface area contributed by atoms with E-state index in [9.17, 15) is 27.6 Å². The van der Waals surface area contributed by atoms with Crippen molar-refractivity contribution in [2.24, 2.45) is 0 Å². The van der Waals surface area contributed by atoms with Gasteiger partial charge < -0.3 is 25.2 Å². The predicted molar refractivity (Wildman–Crippen MR) is 142 cm³/mol. The number of alkyl halides is 3. The number of benzene rings is 1. The van der Waals surface area contributed by atoms with Crippen molar-refractivity contribution in [3.63, 3.8) is 0 Å². The molecule has 2 aromatic rings. The lowest BCUT2D eigenvalue weighted by Crippen LogP contribution is -2.55. The lowest BCUT2D eigenvalue weighted by Gasteiger charge is -2.37. The first-order valence-corrected chi connectivity index (χ1v) is 12.9. The third kappa shape index (κ3) is 9.48. The first-order valence-electron chi connectivity index (χ1n) is 12.9. The number of nitrogens with one attached hydrogen (secondary N) is 2. The van der Waals surface area contributed by atoms with Gasteiger partial charge in [0, 0.05) is 38.9 Å². The molecule has 0 aliphatic carbocycles. The summed E-state index contributed by atoms with van der Waals surface area (Å²) in [6, 6.07) is 10.6. The van der Waals surface area contributed by atoms with E-state index in [4.69, 9.17) is 4.74 Å². The highest BCUT2D eigenvalue weighted by atomic mass is 19.4. The average molecular weight is 560 g/mol. The molecule has 0 unspecified atom stereocenters. The van der Waals surface area contributed by atoms with Gasteiger partial charge in [-0.15, -0.1) is 0 Å². The summed E-state index contributed by atoms with van der Waals surface area (Å²) in [5.74, 6) is 4.65. The normalized spacial score (nSPS) is 14.0. The highest BCUT2D eigenvalue weighted by molar-refractivity contribution is 5.93. The number of ether oxygens (including phenoxy) is 1. The van der Waals surface area contributed by atoms with Crippen LogP contribution in [0.3, 0.4) is 0 Å². The van der Waals surface area contributed by atoms with Crippen molar-refractivity contribution in [3.05, 3.63) is 59.8 Å². The fourth-order valence-corrected chi connectivity index (χ4v) is 4.11. The van der Waals surface area contributed by atoms with Gasteiger partial charge in [0.2, 0.25) is 5.91 Å². The highest BCUT2D eigenvalue weighted by Gasteiger charge is 2.32. The summed E-state index contributed by atoms with van der Waals surface area (Å²) in [5.41, 5.74) is -0.0181. The van der Waals surface area contributed by atoms with E-state index < -0.39 is 23.9 Å². The number of unbranched alkanes of at least 4 members (excludes halogenated alkanes) is 1. The van der Waals surface area contributed by atoms with Gasteiger partial charge in [-0.1, -0.05) is 36.3 Å². The Labute approximate surface area is 231 Å². The number of carbonyl (C=O) groups excluding carboxylic acids is 3. The standard InChI is InChI=1S/C28H32F3N5O4/c1-2-8-25(37)32-14-7-6-11-23(34-27(39)40-20-21-9-4-3-5-10-21)26(38)36-17-15-35(16-18-36)24-13-12-22(19-33-24)28(29,30)31/h3-5,9-10,12-13,19,23H,6-7,11,14-18,20H2,1H3,(H,32,37)(H,34,39)/t23-/m0/s1. The Morgan fingerprint density at radius 1 is 1.05 bits per heavy atom. The van der Waals surface area contributed by atoms with Crippen molar-refractivity contribution in [2.45, 2.75) is 45.0 Å². The second kappa shape index (κ2) is 14.8. The molecule has 1 saturated heterocycles. The summed E-state index contributed by atoms with van der Waals surface area (Å²) < 4.78 is 43.8. The quantitative estimate of drug-likeness (QED) is 0.342. The van der Waals surface area contributed by atoms with Gasteiger partial charge in [0.05, 0.1) is 5.56 Å². The summed E-state index contributed by atoms with van der Waals surface area (Å²) in [6.45, 7) is 3.37. The molecule has 1 aromatic heterocycles. The predicted octanol–water partition coefficient (Wildman–Crippen LogP) is 3.35. The Hall–Kier alpha value is -4.27. The van der Waals surface area contributed by atoms with Gasteiger partial charge in [0.15, 0.2) is 0 Å². The van der Waals surface area contributed by atoms with Crippen LogP contribution in [0.25, 0.3) is 0 Å². The topological polar surface area (TPSA) is 104 Å². The second-order valence-corrected chi connectivity index (χ2v) is 9.10. The first kappa shape index (κ1) is 30.3. The van der Waals surface area contributed by atoms with Crippen LogP contribution in [-0.2, 0) is 27.1 Å². The first-order chi connectivity index (χ1) is 19.2. The van der Waals surface area contributed by atoms with Crippen molar-refractivity contribution in [2.75, 3.05) is 37.6 Å². The molecule has 1 fully saturated rings. The van der Waals surface area contributed by atoms with Gasteiger partial charge in [0.1, 0.15) is 18.5 Å².